The molecule has 0 radical (unpaired) electrons. The fraction of sp³-hybridized carbons (Fsp3) is 1.00. The molecule has 1 unspecified atom stereocenters. The van der Waals surface area contributed by atoms with E-state index in [1.807, 2.05) is 6.92 Å². The average Bonchev–Trinajstić information content (AvgIpc) is 1.84. The van der Waals surface area contributed by atoms with Gasteiger partial charge in [-0.25, -0.2) is 8.78 Å². The highest BCUT2D eigenvalue weighted by Gasteiger charge is 2.10. The van der Waals surface area contributed by atoms with Gasteiger partial charge in [0, 0.05) is 12.6 Å². The Morgan fingerprint density at radius 1 is 1.33 bits per heavy atom. The SMILES string of the molecule is CCCC(N)CN(C)CC(F)F. The van der Waals surface area contributed by atoms with Gasteiger partial charge in [0.15, 0.2) is 0 Å². The van der Waals surface area contributed by atoms with Gasteiger partial charge < -0.3 is 5.73 Å². The molecule has 0 fully saturated rings. The first-order valence-corrected chi connectivity index (χ1v) is 4.28. The van der Waals surface area contributed by atoms with E-state index in [1.54, 1.807) is 11.9 Å². The summed E-state index contributed by atoms with van der Waals surface area (Å²) in [5.41, 5.74) is 5.67. The zero-order valence-electron chi connectivity index (χ0n) is 7.76. The van der Waals surface area contributed by atoms with Crippen LogP contribution in [0, 0.1) is 0 Å². The first kappa shape index (κ1) is 11.8. The van der Waals surface area contributed by atoms with Crippen molar-refractivity contribution in [2.24, 2.45) is 5.73 Å². The maximum Gasteiger partial charge on any atom is 0.251 e. The third-order valence-corrected chi connectivity index (χ3v) is 1.66. The minimum absolute atomic E-state index is 0.0266. The summed E-state index contributed by atoms with van der Waals surface area (Å²) in [7, 11) is 1.67. The zero-order chi connectivity index (χ0) is 9.56. The average molecular weight is 180 g/mol. The summed E-state index contributed by atoms with van der Waals surface area (Å²) in [6, 6.07) is 0.0266. The molecule has 0 aliphatic carbocycles. The Morgan fingerprint density at radius 2 is 1.92 bits per heavy atom. The number of rotatable bonds is 6. The minimum Gasteiger partial charge on any atom is -0.327 e. The highest BCUT2D eigenvalue weighted by molar-refractivity contribution is 4.65. The Morgan fingerprint density at radius 3 is 2.33 bits per heavy atom. The molecule has 0 amide bonds. The van der Waals surface area contributed by atoms with E-state index >= 15 is 0 Å². The predicted molar refractivity (Wildman–Crippen MR) is 46.4 cm³/mol. The van der Waals surface area contributed by atoms with Crippen LogP contribution in [0.2, 0.25) is 0 Å². The highest BCUT2D eigenvalue weighted by atomic mass is 19.3. The van der Waals surface area contributed by atoms with Gasteiger partial charge in [0.25, 0.3) is 6.43 Å². The fourth-order valence-corrected chi connectivity index (χ4v) is 1.17. The lowest BCUT2D eigenvalue weighted by Gasteiger charge is -2.20. The van der Waals surface area contributed by atoms with Crippen LogP contribution in [0.15, 0.2) is 0 Å². The maximum absolute atomic E-state index is 11.8. The normalized spacial score (nSPS) is 14.2. The number of alkyl halides is 2. The Labute approximate surface area is 72.7 Å². The van der Waals surface area contributed by atoms with E-state index in [0.717, 1.165) is 12.8 Å². The third-order valence-electron chi connectivity index (χ3n) is 1.66. The Hall–Kier alpha value is -0.220. The second kappa shape index (κ2) is 6.31. The molecular formula is C8H18F2N2. The molecule has 0 saturated carbocycles. The van der Waals surface area contributed by atoms with Gasteiger partial charge in [0.2, 0.25) is 0 Å². The number of hydrogen-bond donors (Lipinski definition) is 1. The van der Waals surface area contributed by atoms with Crippen LogP contribution in [-0.2, 0) is 0 Å². The van der Waals surface area contributed by atoms with Crippen LogP contribution >= 0.6 is 0 Å². The van der Waals surface area contributed by atoms with Crippen LogP contribution in [0.4, 0.5) is 8.78 Å². The number of likely N-dealkylation sites (N-methyl/N-ethyl adjacent to an activating group) is 1. The van der Waals surface area contributed by atoms with E-state index in [4.69, 9.17) is 5.73 Å². The summed E-state index contributed by atoms with van der Waals surface area (Å²) in [5.74, 6) is 0. The third kappa shape index (κ3) is 6.49. The number of hydrogen-bond acceptors (Lipinski definition) is 2. The lowest BCUT2D eigenvalue weighted by atomic mass is 10.2. The summed E-state index contributed by atoms with van der Waals surface area (Å²) >= 11 is 0. The van der Waals surface area contributed by atoms with Gasteiger partial charge in [0.1, 0.15) is 0 Å². The molecule has 0 bridgehead atoms. The van der Waals surface area contributed by atoms with Crippen molar-refractivity contribution in [1.82, 2.24) is 4.90 Å². The monoisotopic (exact) mass is 180 g/mol. The fourth-order valence-electron chi connectivity index (χ4n) is 1.17. The largest absolute Gasteiger partial charge is 0.327 e. The van der Waals surface area contributed by atoms with Crippen LogP contribution in [0.3, 0.4) is 0 Å². The van der Waals surface area contributed by atoms with Gasteiger partial charge in [-0.05, 0) is 13.5 Å². The van der Waals surface area contributed by atoms with E-state index in [0.29, 0.717) is 6.54 Å². The molecule has 0 saturated heterocycles. The summed E-state index contributed by atoms with van der Waals surface area (Å²) in [5, 5.41) is 0. The molecule has 0 aromatic heterocycles. The lowest BCUT2D eigenvalue weighted by Crippen LogP contribution is -2.37. The van der Waals surface area contributed by atoms with Crippen molar-refractivity contribution in [2.45, 2.75) is 32.2 Å². The number of nitrogens with two attached hydrogens (primary N) is 1. The topological polar surface area (TPSA) is 29.3 Å². The molecule has 0 heterocycles. The van der Waals surface area contributed by atoms with E-state index < -0.39 is 6.43 Å². The van der Waals surface area contributed by atoms with Crippen LogP contribution in [-0.4, -0.2) is 37.5 Å². The Balaban J connectivity index is 3.46. The summed E-state index contributed by atoms with van der Waals surface area (Å²) in [4.78, 5) is 1.57. The molecule has 74 valence electrons. The minimum atomic E-state index is -2.26. The van der Waals surface area contributed by atoms with E-state index in [1.165, 1.54) is 0 Å². The zero-order valence-corrected chi connectivity index (χ0v) is 7.76. The Bertz CT molecular complexity index is 109. The molecular weight excluding hydrogens is 162 g/mol. The van der Waals surface area contributed by atoms with Crippen molar-refractivity contribution >= 4 is 0 Å². The smallest absolute Gasteiger partial charge is 0.251 e. The highest BCUT2D eigenvalue weighted by Crippen LogP contribution is 1.99. The van der Waals surface area contributed by atoms with Crippen LogP contribution < -0.4 is 5.73 Å². The molecule has 4 heteroatoms. The summed E-state index contributed by atoms with van der Waals surface area (Å²) in [6.45, 7) is 2.41. The maximum atomic E-state index is 11.8. The van der Waals surface area contributed by atoms with Crippen molar-refractivity contribution in [3.63, 3.8) is 0 Å². The van der Waals surface area contributed by atoms with E-state index in [9.17, 15) is 8.78 Å². The number of nitrogens with zero attached hydrogens (tertiary/aromatic N) is 1. The van der Waals surface area contributed by atoms with Crippen LogP contribution in [0.1, 0.15) is 19.8 Å². The molecule has 12 heavy (non-hydrogen) atoms. The molecule has 0 aliphatic rings. The second-order valence-corrected chi connectivity index (χ2v) is 3.16. The van der Waals surface area contributed by atoms with Gasteiger partial charge in [0.05, 0.1) is 6.54 Å². The van der Waals surface area contributed by atoms with Gasteiger partial charge in [-0.3, -0.25) is 4.90 Å². The molecule has 0 aliphatic heterocycles. The van der Waals surface area contributed by atoms with Crippen LogP contribution in [0.5, 0.6) is 0 Å². The van der Waals surface area contributed by atoms with Gasteiger partial charge >= 0.3 is 0 Å². The van der Waals surface area contributed by atoms with Gasteiger partial charge in [-0.15, -0.1) is 0 Å². The predicted octanol–water partition coefficient (Wildman–Crippen LogP) is 1.31. The lowest BCUT2D eigenvalue weighted by molar-refractivity contribution is 0.0974. The summed E-state index contributed by atoms with van der Waals surface area (Å²) < 4.78 is 23.7. The van der Waals surface area contributed by atoms with Crippen molar-refractivity contribution in [2.75, 3.05) is 20.1 Å². The second-order valence-electron chi connectivity index (χ2n) is 3.16. The molecule has 1 atom stereocenters. The number of halogens is 2. The molecule has 0 rings (SSSR count). The quantitative estimate of drug-likeness (QED) is 0.667. The van der Waals surface area contributed by atoms with Crippen molar-refractivity contribution < 1.29 is 8.78 Å². The van der Waals surface area contributed by atoms with Crippen molar-refractivity contribution in [3.8, 4) is 0 Å². The van der Waals surface area contributed by atoms with Crippen LogP contribution in [0.25, 0.3) is 0 Å². The Kier molecular flexibility index (Phi) is 6.20. The van der Waals surface area contributed by atoms with Crippen molar-refractivity contribution in [3.05, 3.63) is 0 Å². The van der Waals surface area contributed by atoms with Crippen molar-refractivity contribution in [1.29, 1.82) is 0 Å². The molecule has 2 nitrogen and oxygen atoms in total. The summed E-state index contributed by atoms with van der Waals surface area (Å²) in [6.07, 6.45) is -0.360. The first-order chi connectivity index (χ1) is 5.56. The molecule has 0 aromatic carbocycles. The molecule has 0 spiro atoms. The van der Waals surface area contributed by atoms with E-state index in [2.05, 4.69) is 0 Å². The first-order valence-electron chi connectivity index (χ1n) is 4.28. The molecule has 2 N–H and O–H groups in total. The van der Waals surface area contributed by atoms with E-state index in [-0.39, 0.29) is 12.6 Å². The molecule has 0 aromatic rings. The standard InChI is InChI=1S/C8H18F2N2/c1-3-4-7(11)5-12(2)6-8(9)10/h7-8H,3-6,11H2,1-2H3. The van der Waals surface area contributed by atoms with Gasteiger partial charge in [-0.2, -0.15) is 0 Å². The van der Waals surface area contributed by atoms with Gasteiger partial charge in [-0.1, -0.05) is 13.3 Å².